The number of hydrogen-bond acceptors (Lipinski definition) is 5. The minimum Gasteiger partial charge on any atom is -0.468 e. The number of nitrogens with zero attached hydrogens (tertiary/aromatic N) is 2. The number of likely N-dealkylation sites (N-methyl/N-ethyl adjacent to an activating group) is 1. The molecule has 0 spiro atoms. The molecule has 2 unspecified atom stereocenters. The average molecular weight is 243 g/mol. The van der Waals surface area contributed by atoms with Crippen molar-refractivity contribution in [3.63, 3.8) is 0 Å². The van der Waals surface area contributed by atoms with Gasteiger partial charge < -0.3 is 15.4 Å². The Morgan fingerprint density at radius 2 is 2.24 bits per heavy atom. The van der Waals surface area contributed by atoms with Crippen molar-refractivity contribution in [3.05, 3.63) is 0 Å². The summed E-state index contributed by atoms with van der Waals surface area (Å²) in [7, 11) is 1.38. The van der Waals surface area contributed by atoms with E-state index in [2.05, 4.69) is 28.4 Å². The molecule has 1 fully saturated rings. The second-order valence-electron chi connectivity index (χ2n) is 4.70. The molecule has 1 rings (SSSR count). The van der Waals surface area contributed by atoms with Crippen molar-refractivity contribution in [1.29, 1.82) is 0 Å². The fourth-order valence-corrected chi connectivity index (χ4v) is 2.33. The van der Waals surface area contributed by atoms with Crippen LogP contribution in [0.25, 0.3) is 0 Å². The first-order chi connectivity index (χ1) is 8.08. The van der Waals surface area contributed by atoms with Gasteiger partial charge in [0.2, 0.25) is 0 Å². The van der Waals surface area contributed by atoms with Gasteiger partial charge in [-0.1, -0.05) is 6.92 Å². The molecule has 17 heavy (non-hydrogen) atoms. The van der Waals surface area contributed by atoms with Gasteiger partial charge in [-0.3, -0.25) is 9.69 Å². The van der Waals surface area contributed by atoms with Gasteiger partial charge in [0.1, 0.15) is 6.04 Å². The molecule has 0 aromatic heterocycles. The largest absolute Gasteiger partial charge is 0.468 e. The van der Waals surface area contributed by atoms with Gasteiger partial charge in [-0.2, -0.15) is 0 Å². The molecule has 2 N–H and O–H groups in total. The van der Waals surface area contributed by atoms with Crippen LogP contribution in [-0.4, -0.2) is 67.7 Å². The number of methoxy groups -OCH3 is 1. The van der Waals surface area contributed by atoms with Gasteiger partial charge >= 0.3 is 5.97 Å². The summed E-state index contributed by atoms with van der Waals surface area (Å²) < 4.78 is 4.62. The third kappa shape index (κ3) is 4.26. The third-order valence-electron chi connectivity index (χ3n) is 3.52. The van der Waals surface area contributed by atoms with E-state index in [-0.39, 0.29) is 5.97 Å². The summed E-state index contributed by atoms with van der Waals surface area (Å²) in [6, 6.07) is 0.0996. The molecule has 1 heterocycles. The smallest absolute Gasteiger partial charge is 0.322 e. The highest BCUT2D eigenvalue weighted by atomic mass is 16.5. The molecule has 0 aromatic rings. The number of piperazine rings is 1. The molecular weight excluding hydrogens is 218 g/mol. The van der Waals surface area contributed by atoms with Crippen molar-refractivity contribution in [3.8, 4) is 0 Å². The average Bonchev–Trinajstić information content (AvgIpc) is 2.35. The Balaban J connectivity index is 2.27. The maximum atomic E-state index is 11.2. The highest BCUT2D eigenvalue weighted by molar-refractivity contribution is 5.75. The molecule has 100 valence electrons. The number of carbonyl (C=O) groups excluding carboxylic acids is 1. The van der Waals surface area contributed by atoms with Crippen LogP contribution in [0, 0.1) is 0 Å². The summed E-state index contributed by atoms with van der Waals surface area (Å²) in [5.74, 6) is -0.315. The van der Waals surface area contributed by atoms with Crippen molar-refractivity contribution in [1.82, 2.24) is 9.80 Å². The van der Waals surface area contributed by atoms with E-state index in [1.807, 2.05) is 0 Å². The quantitative estimate of drug-likeness (QED) is 0.684. The summed E-state index contributed by atoms with van der Waals surface area (Å²) in [6.07, 6.45) is 0.672. The zero-order valence-corrected chi connectivity index (χ0v) is 11.2. The lowest BCUT2D eigenvalue weighted by atomic mass is 10.1. The summed E-state index contributed by atoms with van der Waals surface area (Å²) in [5.41, 5.74) is 5.72. The van der Waals surface area contributed by atoms with Crippen LogP contribution in [0.3, 0.4) is 0 Å². The normalized spacial score (nSPS) is 24.6. The molecule has 0 saturated carbocycles. The molecule has 5 nitrogen and oxygen atoms in total. The fraction of sp³-hybridized carbons (Fsp3) is 0.917. The topological polar surface area (TPSA) is 58.8 Å². The number of hydrogen-bond donors (Lipinski definition) is 1. The molecule has 0 bridgehead atoms. The van der Waals surface area contributed by atoms with Crippen molar-refractivity contribution < 1.29 is 9.53 Å². The molecule has 1 saturated heterocycles. The van der Waals surface area contributed by atoms with E-state index in [9.17, 15) is 4.79 Å². The van der Waals surface area contributed by atoms with E-state index in [0.717, 1.165) is 32.7 Å². The number of esters is 1. The first-order valence-corrected chi connectivity index (χ1v) is 6.38. The molecule has 0 aromatic carbocycles. The summed E-state index contributed by atoms with van der Waals surface area (Å²) in [6.45, 7) is 9.64. The predicted octanol–water partition coefficient (Wildman–Crippen LogP) is -0.0972. The van der Waals surface area contributed by atoms with Gasteiger partial charge in [0.15, 0.2) is 0 Å². The van der Waals surface area contributed by atoms with Crippen LogP contribution in [-0.2, 0) is 9.53 Å². The molecule has 0 radical (unpaired) electrons. The van der Waals surface area contributed by atoms with E-state index in [1.165, 1.54) is 7.11 Å². The Morgan fingerprint density at radius 1 is 1.53 bits per heavy atom. The molecule has 0 aliphatic carbocycles. The first kappa shape index (κ1) is 14.4. The van der Waals surface area contributed by atoms with E-state index >= 15 is 0 Å². The predicted molar refractivity (Wildman–Crippen MR) is 67.8 cm³/mol. The van der Waals surface area contributed by atoms with Gasteiger partial charge in [-0.25, -0.2) is 0 Å². The summed E-state index contributed by atoms with van der Waals surface area (Å²) in [4.78, 5) is 16.0. The zero-order valence-electron chi connectivity index (χ0n) is 11.2. The first-order valence-electron chi connectivity index (χ1n) is 6.38. The maximum absolute atomic E-state index is 11.2. The van der Waals surface area contributed by atoms with Crippen molar-refractivity contribution in [2.45, 2.75) is 32.4 Å². The highest BCUT2D eigenvalue weighted by Crippen LogP contribution is 2.09. The highest BCUT2D eigenvalue weighted by Gasteiger charge is 2.23. The van der Waals surface area contributed by atoms with Gasteiger partial charge in [0.25, 0.3) is 0 Å². The summed E-state index contributed by atoms with van der Waals surface area (Å²) >= 11 is 0. The Morgan fingerprint density at radius 3 is 2.76 bits per heavy atom. The maximum Gasteiger partial charge on any atom is 0.322 e. The molecule has 1 aliphatic heterocycles. The van der Waals surface area contributed by atoms with Crippen LogP contribution < -0.4 is 5.73 Å². The van der Waals surface area contributed by atoms with E-state index in [1.54, 1.807) is 0 Å². The Labute approximate surface area is 104 Å². The lowest BCUT2D eigenvalue weighted by molar-refractivity contribution is -0.142. The molecule has 1 aliphatic rings. The second-order valence-corrected chi connectivity index (χ2v) is 4.70. The van der Waals surface area contributed by atoms with Crippen molar-refractivity contribution >= 4 is 5.97 Å². The molecular formula is C12H25N3O2. The molecule has 2 atom stereocenters. The lowest BCUT2D eigenvalue weighted by Crippen LogP contribution is -2.52. The van der Waals surface area contributed by atoms with Crippen LogP contribution in [0.4, 0.5) is 0 Å². The number of nitrogens with two attached hydrogens (primary N) is 1. The van der Waals surface area contributed by atoms with Gasteiger partial charge in [-0.05, 0) is 19.9 Å². The zero-order chi connectivity index (χ0) is 12.8. The molecule has 0 amide bonds. The molecule has 5 heteroatoms. The SMILES string of the molecule is CCN1CCN(CCC(N)C(=O)OC)CC1C. The summed E-state index contributed by atoms with van der Waals surface area (Å²) in [5, 5.41) is 0. The Hall–Kier alpha value is -0.650. The van der Waals surface area contributed by atoms with Gasteiger partial charge in [0, 0.05) is 32.2 Å². The van der Waals surface area contributed by atoms with Gasteiger partial charge in [-0.15, -0.1) is 0 Å². The lowest BCUT2D eigenvalue weighted by Gasteiger charge is -2.39. The Kier molecular flexibility index (Phi) is 5.88. The minimum absolute atomic E-state index is 0.315. The van der Waals surface area contributed by atoms with Gasteiger partial charge in [0.05, 0.1) is 7.11 Å². The van der Waals surface area contributed by atoms with Crippen molar-refractivity contribution in [2.75, 3.05) is 39.8 Å². The Bertz CT molecular complexity index is 248. The second kappa shape index (κ2) is 6.93. The standard InChI is InChI=1S/C12H25N3O2/c1-4-15-8-7-14(9-10(15)2)6-5-11(13)12(16)17-3/h10-11H,4-9,13H2,1-3H3. The van der Waals surface area contributed by atoms with Crippen LogP contribution in [0.1, 0.15) is 20.3 Å². The monoisotopic (exact) mass is 243 g/mol. The van der Waals surface area contributed by atoms with E-state index in [0.29, 0.717) is 12.5 Å². The van der Waals surface area contributed by atoms with Crippen LogP contribution in [0.5, 0.6) is 0 Å². The third-order valence-corrected chi connectivity index (χ3v) is 3.52. The van der Waals surface area contributed by atoms with Crippen LogP contribution in [0.2, 0.25) is 0 Å². The fourth-order valence-electron chi connectivity index (χ4n) is 2.33. The minimum atomic E-state index is -0.487. The number of carbonyl (C=O) groups is 1. The number of ether oxygens (including phenoxy) is 1. The van der Waals surface area contributed by atoms with Crippen LogP contribution in [0.15, 0.2) is 0 Å². The van der Waals surface area contributed by atoms with E-state index < -0.39 is 6.04 Å². The number of rotatable bonds is 5. The van der Waals surface area contributed by atoms with Crippen molar-refractivity contribution in [2.24, 2.45) is 5.73 Å². The van der Waals surface area contributed by atoms with E-state index in [4.69, 9.17) is 5.73 Å². The van der Waals surface area contributed by atoms with Crippen LogP contribution >= 0.6 is 0 Å².